The van der Waals surface area contributed by atoms with Gasteiger partial charge in [0.25, 0.3) is 6.43 Å². The Hall–Kier alpha value is -2.64. The largest absolute Gasteiger partial charge is 0.365 e. The van der Waals surface area contributed by atoms with Gasteiger partial charge in [0.1, 0.15) is 5.82 Å². The number of nitrogens with one attached hydrogen (secondary N) is 1. The van der Waals surface area contributed by atoms with Gasteiger partial charge >= 0.3 is 0 Å². The SMILES string of the molecule is Cc1cnccc1CNc1ccc2nnc(C(F)F)n2n1. The maximum atomic E-state index is 12.8. The zero-order chi connectivity index (χ0) is 14.8. The maximum absolute atomic E-state index is 12.8. The van der Waals surface area contributed by atoms with Crippen LogP contribution in [0.25, 0.3) is 5.65 Å². The molecule has 21 heavy (non-hydrogen) atoms. The number of nitrogens with zero attached hydrogens (tertiary/aromatic N) is 5. The third kappa shape index (κ3) is 2.64. The zero-order valence-electron chi connectivity index (χ0n) is 11.2. The van der Waals surface area contributed by atoms with Gasteiger partial charge in [-0.15, -0.1) is 15.3 Å². The lowest BCUT2D eigenvalue weighted by molar-refractivity contribution is 0.137. The zero-order valence-corrected chi connectivity index (χ0v) is 11.2. The van der Waals surface area contributed by atoms with Crippen molar-refractivity contribution in [1.82, 2.24) is 24.8 Å². The predicted molar refractivity (Wildman–Crippen MR) is 72.0 cm³/mol. The van der Waals surface area contributed by atoms with Gasteiger partial charge in [0.2, 0.25) is 5.82 Å². The molecule has 8 heteroatoms. The fraction of sp³-hybridized carbons (Fsp3) is 0.231. The van der Waals surface area contributed by atoms with Crippen molar-refractivity contribution in [3.63, 3.8) is 0 Å². The van der Waals surface area contributed by atoms with E-state index in [0.717, 1.165) is 15.6 Å². The van der Waals surface area contributed by atoms with Crippen LogP contribution in [0.15, 0.2) is 30.6 Å². The summed E-state index contributed by atoms with van der Waals surface area (Å²) in [5.41, 5.74) is 2.39. The highest BCUT2D eigenvalue weighted by molar-refractivity contribution is 5.44. The molecule has 0 bridgehead atoms. The number of aryl methyl sites for hydroxylation is 1. The molecule has 0 saturated heterocycles. The van der Waals surface area contributed by atoms with Gasteiger partial charge in [-0.3, -0.25) is 4.98 Å². The summed E-state index contributed by atoms with van der Waals surface area (Å²) in [5.74, 6) is 0.00848. The third-order valence-corrected chi connectivity index (χ3v) is 3.08. The molecule has 0 unspecified atom stereocenters. The van der Waals surface area contributed by atoms with Crippen LogP contribution in [0.5, 0.6) is 0 Å². The molecule has 3 aromatic heterocycles. The minimum Gasteiger partial charge on any atom is -0.365 e. The van der Waals surface area contributed by atoms with Gasteiger partial charge in [-0.2, -0.15) is 4.52 Å². The van der Waals surface area contributed by atoms with Crippen LogP contribution in [0.4, 0.5) is 14.6 Å². The molecule has 1 N–H and O–H groups in total. The summed E-state index contributed by atoms with van der Waals surface area (Å²) in [6, 6.07) is 5.16. The molecule has 0 radical (unpaired) electrons. The van der Waals surface area contributed by atoms with E-state index >= 15 is 0 Å². The molecule has 0 spiro atoms. The first kappa shape index (κ1) is 13.3. The Balaban J connectivity index is 1.84. The van der Waals surface area contributed by atoms with Gasteiger partial charge in [0.05, 0.1) is 0 Å². The van der Waals surface area contributed by atoms with E-state index in [0.29, 0.717) is 12.4 Å². The van der Waals surface area contributed by atoms with Gasteiger partial charge in [-0.1, -0.05) is 0 Å². The smallest absolute Gasteiger partial charge is 0.299 e. The molecule has 0 saturated carbocycles. The Morgan fingerprint density at radius 2 is 2.10 bits per heavy atom. The molecular weight excluding hydrogens is 278 g/mol. The number of pyridine rings is 1. The lowest BCUT2D eigenvalue weighted by Gasteiger charge is -2.08. The van der Waals surface area contributed by atoms with Gasteiger partial charge < -0.3 is 5.32 Å². The second kappa shape index (κ2) is 5.39. The molecule has 6 nitrogen and oxygen atoms in total. The van der Waals surface area contributed by atoms with E-state index in [2.05, 4.69) is 25.6 Å². The van der Waals surface area contributed by atoms with E-state index in [-0.39, 0.29) is 5.65 Å². The summed E-state index contributed by atoms with van der Waals surface area (Å²) in [4.78, 5) is 4.02. The fourth-order valence-electron chi connectivity index (χ4n) is 1.92. The Morgan fingerprint density at radius 3 is 2.86 bits per heavy atom. The number of fused-ring (bicyclic) bond motifs is 1. The number of hydrogen-bond donors (Lipinski definition) is 1. The van der Waals surface area contributed by atoms with Gasteiger partial charge in [-0.05, 0) is 36.2 Å². The van der Waals surface area contributed by atoms with Crippen LogP contribution in [0.3, 0.4) is 0 Å². The number of halogens is 2. The first-order valence-electron chi connectivity index (χ1n) is 6.29. The first-order chi connectivity index (χ1) is 10.1. The van der Waals surface area contributed by atoms with Crippen molar-refractivity contribution in [3.05, 3.63) is 47.5 Å². The van der Waals surface area contributed by atoms with Crippen LogP contribution < -0.4 is 5.32 Å². The lowest BCUT2D eigenvalue weighted by atomic mass is 10.1. The van der Waals surface area contributed by atoms with Crippen molar-refractivity contribution in [2.24, 2.45) is 0 Å². The second-order valence-corrected chi connectivity index (χ2v) is 4.50. The highest BCUT2D eigenvalue weighted by atomic mass is 19.3. The average molecular weight is 290 g/mol. The molecule has 108 valence electrons. The summed E-state index contributed by atoms with van der Waals surface area (Å²) in [5, 5.41) is 14.3. The van der Waals surface area contributed by atoms with Gasteiger partial charge in [0, 0.05) is 18.9 Å². The highest BCUT2D eigenvalue weighted by Crippen LogP contribution is 2.17. The van der Waals surface area contributed by atoms with Crippen molar-refractivity contribution in [2.75, 3.05) is 5.32 Å². The summed E-state index contributed by atoms with van der Waals surface area (Å²) >= 11 is 0. The molecule has 0 atom stereocenters. The Bertz CT molecular complexity index is 770. The standard InChI is InChI=1S/C13H12F2N6/c1-8-6-16-5-4-9(8)7-17-10-2-3-11-18-19-13(12(14)15)21(11)20-10/h2-6,12H,7H2,1H3,(H,17,20). The van der Waals surface area contributed by atoms with Crippen LogP contribution >= 0.6 is 0 Å². The molecule has 3 rings (SSSR count). The van der Waals surface area contributed by atoms with Crippen LogP contribution in [0.2, 0.25) is 0 Å². The number of rotatable bonds is 4. The second-order valence-electron chi connectivity index (χ2n) is 4.50. The van der Waals surface area contributed by atoms with Crippen molar-refractivity contribution in [2.45, 2.75) is 19.9 Å². The Morgan fingerprint density at radius 1 is 1.24 bits per heavy atom. The number of hydrogen-bond acceptors (Lipinski definition) is 5. The van der Waals surface area contributed by atoms with Gasteiger partial charge in [0.15, 0.2) is 5.65 Å². The minimum absolute atomic E-state index is 0.288. The molecule has 3 heterocycles. The van der Waals surface area contributed by atoms with E-state index in [1.807, 2.05) is 13.0 Å². The summed E-state index contributed by atoms with van der Waals surface area (Å²) in [7, 11) is 0. The van der Waals surface area contributed by atoms with E-state index < -0.39 is 12.2 Å². The van der Waals surface area contributed by atoms with Crippen LogP contribution in [0.1, 0.15) is 23.4 Å². The summed E-state index contributed by atoms with van der Waals surface area (Å²) < 4.78 is 26.6. The van der Waals surface area contributed by atoms with E-state index in [1.165, 1.54) is 0 Å². The average Bonchev–Trinajstić information content (AvgIpc) is 2.89. The monoisotopic (exact) mass is 290 g/mol. The molecular formula is C13H12F2N6. The predicted octanol–water partition coefficient (Wildman–Crippen LogP) is 2.38. The third-order valence-electron chi connectivity index (χ3n) is 3.08. The molecule has 0 amide bonds. The van der Waals surface area contributed by atoms with Crippen molar-refractivity contribution < 1.29 is 8.78 Å². The van der Waals surface area contributed by atoms with Crippen LogP contribution in [-0.2, 0) is 6.54 Å². The highest BCUT2D eigenvalue weighted by Gasteiger charge is 2.16. The van der Waals surface area contributed by atoms with Gasteiger partial charge in [-0.25, -0.2) is 8.78 Å². The molecule has 0 aromatic carbocycles. The number of aromatic nitrogens is 5. The van der Waals surface area contributed by atoms with E-state index in [9.17, 15) is 8.78 Å². The van der Waals surface area contributed by atoms with Crippen molar-refractivity contribution in [3.8, 4) is 0 Å². The molecule has 0 aliphatic rings. The quantitative estimate of drug-likeness (QED) is 0.799. The first-order valence-corrected chi connectivity index (χ1v) is 6.29. The molecule has 3 aromatic rings. The summed E-state index contributed by atoms with van der Waals surface area (Å²) in [6.07, 6.45) is 0.752. The summed E-state index contributed by atoms with van der Waals surface area (Å²) in [6.45, 7) is 2.48. The van der Waals surface area contributed by atoms with Crippen molar-refractivity contribution >= 4 is 11.5 Å². The van der Waals surface area contributed by atoms with E-state index in [4.69, 9.17) is 0 Å². The molecule has 0 fully saturated rings. The normalized spacial score (nSPS) is 11.2. The topological polar surface area (TPSA) is 68.0 Å². The molecule has 0 aliphatic carbocycles. The Labute approximate surface area is 118 Å². The van der Waals surface area contributed by atoms with Crippen molar-refractivity contribution in [1.29, 1.82) is 0 Å². The van der Waals surface area contributed by atoms with Crippen LogP contribution in [-0.4, -0.2) is 24.8 Å². The minimum atomic E-state index is -2.72. The van der Waals surface area contributed by atoms with Crippen LogP contribution in [0, 0.1) is 6.92 Å². The lowest BCUT2D eigenvalue weighted by Crippen LogP contribution is -2.07. The maximum Gasteiger partial charge on any atom is 0.299 e. The Kier molecular flexibility index (Phi) is 3.43. The molecule has 0 aliphatic heterocycles. The number of alkyl halides is 2. The number of anilines is 1. The van der Waals surface area contributed by atoms with E-state index in [1.54, 1.807) is 24.5 Å². The fourth-order valence-corrected chi connectivity index (χ4v) is 1.92.